The van der Waals surface area contributed by atoms with E-state index >= 15 is 0 Å². The van der Waals surface area contributed by atoms with Crippen LogP contribution in [0, 0.1) is 25.1 Å². The van der Waals surface area contributed by atoms with E-state index in [2.05, 4.69) is 4.98 Å². The van der Waals surface area contributed by atoms with Gasteiger partial charge in [0, 0.05) is 54.6 Å². The van der Waals surface area contributed by atoms with Crippen LogP contribution in [-0.2, 0) is 9.53 Å². The molecule has 4 heterocycles. The molecule has 2 atom stereocenters. The van der Waals surface area contributed by atoms with Crippen molar-refractivity contribution in [3.8, 4) is 11.3 Å². The number of aromatic nitrogens is 3. The van der Waals surface area contributed by atoms with Crippen LogP contribution in [0.3, 0.4) is 0 Å². The first kappa shape index (κ1) is 24.6. The van der Waals surface area contributed by atoms with Gasteiger partial charge in [-0.05, 0) is 52.3 Å². The molecule has 0 radical (unpaired) electrons. The van der Waals surface area contributed by atoms with Gasteiger partial charge in [-0.3, -0.25) is 14.0 Å². The summed E-state index contributed by atoms with van der Waals surface area (Å²) in [5.74, 6) is 0.0852. The molecule has 36 heavy (non-hydrogen) atoms. The minimum Gasteiger partial charge on any atom is -0.377 e. The zero-order valence-electron chi connectivity index (χ0n) is 20.8. The Bertz CT molecular complexity index is 1420. The predicted molar refractivity (Wildman–Crippen MR) is 136 cm³/mol. The maximum absolute atomic E-state index is 15.0. The Labute approximate surface area is 213 Å². The van der Waals surface area contributed by atoms with E-state index in [4.69, 9.17) is 21.3 Å². The number of rotatable bonds is 3. The molecular weight excluding hydrogens is 485 g/mol. The largest absolute Gasteiger partial charge is 0.377 e. The van der Waals surface area contributed by atoms with Crippen molar-refractivity contribution in [1.29, 1.82) is 0 Å². The number of fused-ring (bicyclic) bond motifs is 1. The van der Waals surface area contributed by atoms with Crippen molar-refractivity contribution in [2.24, 2.45) is 5.41 Å². The number of ether oxygens (including phenoxy) is 1. The van der Waals surface area contributed by atoms with E-state index in [-0.39, 0.29) is 39.5 Å². The van der Waals surface area contributed by atoms with Crippen LogP contribution in [0.2, 0.25) is 5.02 Å². The molecule has 190 valence electrons. The van der Waals surface area contributed by atoms with E-state index in [1.165, 1.54) is 10.5 Å². The molecule has 2 fully saturated rings. The first-order valence-corrected chi connectivity index (χ1v) is 12.5. The van der Waals surface area contributed by atoms with Crippen LogP contribution in [0.4, 0.5) is 10.2 Å². The quantitative estimate of drug-likeness (QED) is 0.532. The van der Waals surface area contributed by atoms with Crippen molar-refractivity contribution in [3.63, 3.8) is 0 Å². The smallest absolute Gasteiger partial charge is 0.261 e. The van der Waals surface area contributed by atoms with Gasteiger partial charge in [0.1, 0.15) is 17.3 Å². The van der Waals surface area contributed by atoms with E-state index in [0.717, 1.165) is 0 Å². The molecule has 8 nitrogen and oxygen atoms in total. The lowest BCUT2D eigenvalue weighted by molar-refractivity contribution is -0.144. The van der Waals surface area contributed by atoms with Crippen molar-refractivity contribution in [2.45, 2.75) is 40.2 Å². The second-order valence-electron chi connectivity index (χ2n) is 9.85. The van der Waals surface area contributed by atoms with Crippen molar-refractivity contribution in [3.05, 3.63) is 56.8 Å². The van der Waals surface area contributed by atoms with Gasteiger partial charge < -0.3 is 14.5 Å². The van der Waals surface area contributed by atoms with Crippen LogP contribution < -0.4 is 10.5 Å². The third kappa shape index (κ3) is 4.04. The number of carbonyl (C=O) groups is 1. The summed E-state index contributed by atoms with van der Waals surface area (Å²) >= 11 is 5.97. The first-order chi connectivity index (χ1) is 17.1. The van der Waals surface area contributed by atoms with E-state index in [1.807, 2.05) is 23.6 Å². The minimum atomic E-state index is -0.543. The summed E-state index contributed by atoms with van der Waals surface area (Å²) < 4.78 is 22.1. The Hall–Kier alpha value is -3.04. The third-order valence-electron chi connectivity index (χ3n) is 7.72. The second kappa shape index (κ2) is 9.12. The van der Waals surface area contributed by atoms with E-state index in [0.29, 0.717) is 56.3 Å². The molecule has 2 aliphatic heterocycles. The van der Waals surface area contributed by atoms with Gasteiger partial charge in [0.15, 0.2) is 5.65 Å². The Kier molecular flexibility index (Phi) is 6.24. The molecule has 1 amide bonds. The highest BCUT2D eigenvalue weighted by molar-refractivity contribution is 6.30. The van der Waals surface area contributed by atoms with Crippen molar-refractivity contribution < 1.29 is 13.9 Å². The Morgan fingerprint density at radius 1 is 1.19 bits per heavy atom. The lowest BCUT2D eigenvalue weighted by Crippen LogP contribution is -2.54. The summed E-state index contributed by atoms with van der Waals surface area (Å²) in [4.78, 5) is 39.7. The van der Waals surface area contributed by atoms with Crippen LogP contribution in [0.15, 0.2) is 29.2 Å². The van der Waals surface area contributed by atoms with Gasteiger partial charge in [0.2, 0.25) is 5.91 Å². The number of halogens is 2. The topological polar surface area (TPSA) is 80.0 Å². The average molecular weight is 514 g/mol. The highest BCUT2D eigenvalue weighted by Crippen LogP contribution is 2.37. The zero-order chi connectivity index (χ0) is 25.8. The zero-order valence-corrected chi connectivity index (χ0v) is 21.6. The van der Waals surface area contributed by atoms with Crippen LogP contribution in [0.1, 0.15) is 31.5 Å². The highest BCUT2D eigenvalue weighted by atomic mass is 35.5. The summed E-state index contributed by atoms with van der Waals surface area (Å²) in [6.07, 6.45) is 2.25. The molecule has 0 N–H and O–H groups in total. The summed E-state index contributed by atoms with van der Waals surface area (Å²) in [6, 6.07) is 4.36. The number of benzene rings is 1. The number of piperazine rings is 1. The fourth-order valence-corrected chi connectivity index (χ4v) is 5.11. The first-order valence-electron chi connectivity index (χ1n) is 12.1. The van der Waals surface area contributed by atoms with E-state index < -0.39 is 11.2 Å². The molecule has 2 aromatic heterocycles. The molecule has 2 saturated heterocycles. The average Bonchev–Trinajstić information content (AvgIpc) is 3.21. The second-order valence-corrected chi connectivity index (χ2v) is 10.3. The van der Waals surface area contributed by atoms with Gasteiger partial charge in [-0.2, -0.15) is 0 Å². The minimum absolute atomic E-state index is 0.106. The number of carbonyl (C=O) groups excluding carboxylic acids is 1. The van der Waals surface area contributed by atoms with Crippen LogP contribution in [0.5, 0.6) is 0 Å². The number of aryl methyl sites for hydroxylation is 1. The highest BCUT2D eigenvalue weighted by Gasteiger charge is 2.46. The molecular formula is C26H29ClFN5O3. The molecule has 0 bridgehead atoms. The van der Waals surface area contributed by atoms with Gasteiger partial charge >= 0.3 is 0 Å². The lowest BCUT2D eigenvalue weighted by atomic mass is 9.82. The standard InChI is InChI=1S/C26H29ClFN5O3/c1-15-16(2)29-23-22(19-6-5-18(27)13-20(19)28)30-21(14-33(23)24(15)34)31-8-10-32(11-9-31)25(35)26(4)7-12-36-17(26)3/h5-6,13-14,17H,7-12H2,1-4H3. The molecule has 3 aromatic rings. The third-order valence-corrected chi connectivity index (χ3v) is 7.95. The molecule has 2 unspecified atom stereocenters. The molecule has 0 saturated carbocycles. The van der Waals surface area contributed by atoms with Gasteiger partial charge in [-0.15, -0.1) is 0 Å². The van der Waals surface area contributed by atoms with Crippen molar-refractivity contribution in [2.75, 3.05) is 37.7 Å². The Morgan fingerprint density at radius 2 is 1.92 bits per heavy atom. The molecule has 1 aromatic carbocycles. The maximum Gasteiger partial charge on any atom is 0.261 e. The fourth-order valence-electron chi connectivity index (χ4n) is 4.95. The molecule has 10 heteroatoms. The van der Waals surface area contributed by atoms with Crippen molar-refractivity contribution in [1.82, 2.24) is 19.3 Å². The number of anilines is 1. The fraction of sp³-hybridized carbons (Fsp3) is 0.462. The molecule has 5 rings (SSSR count). The van der Waals surface area contributed by atoms with Gasteiger partial charge in [0.05, 0.1) is 17.7 Å². The van der Waals surface area contributed by atoms with E-state index in [9.17, 15) is 14.0 Å². The SMILES string of the molecule is Cc1nc2c(-c3ccc(Cl)cc3F)nc(N3CCN(C(=O)C4(C)CCOC4C)CC3)cn2c(=O)c1C. The summed E-state index contributed by atoms with van der Waals surface area (Å²) in [7, 11) is 0. The van der Waals surface area contributed by atoms with E-state index in [1.54, 1.807) is 32.2 Å². The van der Waals surface area contributed by atoms with Crippen LogP contribution >= 0.6 is 11.6 Å². The van der Waals surface area contributed by atoms with Gasteiger partial charge in [-0.1, -0.05) is 11.6 Å². The van der Waals surface area contributed by atoms with Crippen molar-refractivity contribution >= 4 is 29.0 Å². The number of hydrogen-bond acceptors (Lipinski definition) is 6. The summed E-state index contributed by atoms with van der Waals surface area (Å²) in [5.41, 5.74) is 1.10. The van der Waals surface area contributed by atoms with Gasteiger partial charge in [-0.25, -0.2) is 14.4 Å². The summed E-state index contributed by atoms with van der Waals surface area (Å²) in [5, 5.41) is 0.269. The normalized spacial score (nSPS) is 22.4. The maximum atomic E-state index is 15.0. The number of amides is 1. The molecule has 0 aliphatic carbocycles. The number of nitrogens with zero attached hydrogens (tertiary/aromatic N) is 5. The van der Waals surface area contributed by atoms with Gasteiger partial charge in [0.25, 0.3) is 5.56 Å². The predicted octanol–water partition coefficient (Wildman–Crippen LogP) is 3.63. The lowest BCUT2D eigenvalue weighted by Gasteiger charge is -2.39. The molecule has 0 spiro atoms. The molecule has 2 aliphatic rings. The van der Waals surface area contributed by atoms with Crippen LogP contribution in [-0.4, -0.2) is 64.1 Å². The van der Waals surface area contributed by atoms with Crippen LogP contribution in [0.25, 0.3) is 16.9 Å². The summed E-state index contributed by atoms with van der Waals surface area (Å²) in [6.45, 7) is 10.1. The Morgan fingerprint density at radius 3 is 2.56 bits per heavy atom. The Balaban J connectivity index is 1.51. The monoisotopic (exact) mass is 513 g/mol. The number of hydrogen-bond donors (Lipinski definition) is 0.